The minimum absolute atomic E-state index is 0.575. The number of pyridine rings is 1. The molecular weight excluding hydrogens is 665 g/mol. The maximum absolute atomic E-state index is 6.29. The first-order chi connectivity index (χ1) is 26.8. The molecule has 4 aromatic heterocycles. The number of nitrogens with zero attached hydrogens (tertiary/aromatic N) is 4. The van der Waals surface area contributed by atoms with Crippen molar-refractivity contribution in [3.63, 3.8) is 0 Å². The van der Waals surface area contributed by atoms with Gasteiger partial charge in [0, 0.05) is 33.7 Å². The van der Waals surface area contributed by atoms with Crippen LogP contribution >= 0.6 is 0 Å². The second kappa shape index (κ2) is 12.1. The van der Waals surface area contributed by atoms with Gasteiger partial charge >= 0.3 is 0 Å². The van der Waals surface area contributed by atoms with Gasteiger partial charge in [0.1, 0.15) is 22.3 Å². The molecule has 252 valence electrons. The van der Waals surface area contributed by atoms with Crippen LogP contribution in [0.4, 0.5) is 0 Å². The SMILES string of the molecule is c1ccc(-c2cccc(-c3nc(-c4ccc(-c5cccc6oc7cccnc7c56)c5ccccc45)nc(-c4cccc5oc6ccccc6c45)n3)c2)cc1. The van der Waals surface area contributed by atoms with Crippen LogP contribution in [-0.2, 0) is 0 Å². The number of para-hydroxylation sites is 1. The van der Waals surface area contributed by atoms with Gasteiger partial charge in [-0.25, -0.2) is 15.0 Å². The van der Waals surface area contributed by atoms with Crippen molar-refractivity contribution in [1.29, 1.82) is 0 Å². The third-order valence-electron chi connectivity index (χ3n) is 10.2. The summed E-state index contributed by atoms with van der Waals surface area (Å²) in [6.07, 6.45) is 1.81. The molecule has 7 aromatic carbocycles. The number of rotatable bonds is 5. The number of aromatic nitrogens is 4. The Kier molecular flexibility index (Phi) is 6.75. The number of hydrogen-bond acceptors (Lipinski definition) is 6. The van der Waals surface area contributed by atoms with Crippen LogP contribution in [0.25, 0.3) is 111 Å². The molecule has 11 rings (SSSR count). The summed E-state index contributed by atoms with van der Waals surface area (Å²) >= 11 is 0. The lowest BCUT2D eigenvalue weighted by Crippen LogP contribution is -2.01. The van der Waals surface area contributed by atoms with Crippen LogP contribution in [0.1, 0.15) is 0 Å². The van der Waals surface area contributed by atoms with E-state index in [0.29, 0.717) is 17.5 Å². The lowest BCUT2D eigenvalue weighted by Gasteiger charge is -2.14. The average molecular weight is 693 g/mol. The standard InChI is InChI=1S/C48H28N4O2/c1-2-12-29(13-3-1)30-14-8-15-31(28-30)46-50-47(52-48(51-46)38-20-10-22-40-43(38)37-18-6-7-21-39(37)53-40)36-26-25-34(32-16-4-5-17-33(32)36)35-19-9-23-41-44(35)45-42(54-41)24-11-27-49-45/h1-28H. The zero-order valence-electron chi connectivity index (χ0n) is 28.8. The Morgan fingerprint density at radius 2 is 0.907 bits per heavy atom. The van der Waals surface area contributed by atoms with E-state index in [4.69, 9.17) is 28.8 Å². The molecule has 0 amide bonds. The molecule has 0 saturated carbocycles. The highest BCUT2D eigenvalue weighted by Gasteiger charge is 2.21. The van der Waals surface area contributed by atoms with Crippen LogP contribution in [0.15, 0.2) is 179 Å². The molecule has 0 unspecified atom stereocenters. The molecule has 54 heavy (non-hydrogen) atoms. The zero-order valence-corrected chi connectivity index (χ0v) is 28.8. The highest BCUT2D eigenvalue weighted by atomic mass is 16.3. The van der Waals surface area contributed by atoms with Crippen molar-refractivity contribution in [2.45, 2.75) is 0 Å². The molecule has 0 aliphatic heterocycles. The molecular formula is C48H28N4O2. The monoisotopic (exact) mass is 692 g/mol. The summed E-state index contributed by atoms with van der Waals surface area (Å²) < 4.78 is 12.5. The van der Waals surface area contributed by atoms with Crippen molar-refractivity contribution in [3.8, 4) is 56.4 Å². The fourth-order valence-corrected chi connectivity index (χ4v) is 7.77. The lowest BCUT2D eigenvalue weighted by atomic mass is 9.92. The quantitative estimate of drug-likeness (QED) is 0.179. The zero-order chi connectivity index (χ0) is 35.6. The van der Waals surface area contributed by atoms with Crippen molar-refractivity contribution >= 4 is 54.8 Å². The van der Waals surface area contributed by atoms with Gasteiger partial charge in [-0.1, -0.05) is 121 Å². The van der Waals surface area contributed by atoms with E-state index >= 15 is 0 Å². The summed E-state index contributed by atoms with van der Waals surface area (Å²) in [4.78, 5) is 20.4. The largest absolute Gasteiger partial charge is 0.456 e. The van der Waals surface area contributed by atoms with Gasteiger partial charge in [0.2, 0.25) is 0 Å². The molecule has 6 heteroatoms. The fraction of sp³-hybridized carbons (Fsp3) is 0. The minimum atomic E-state index is 0.575. The first kappa shape index (κ1) is 30.2. The third kappa shape index (κ3) is 4.81. The van der Waals surface area contributed by atoms with Crippen molar-refractivity contribution in [1.82, 2.24) is 19.9 Å². The van der Waals surface area contributed by atoms with Crippen molar-refractivity contribution < 1.29 is 8.83 Å². The third-order valence-corrected chi connectivity index (χ3v) is 10.2. The molecule has 0 aliphatic rings. The maximum atomic E-state index is 6.29. The molecule has 0 aliphatic carbocycles. The molecule has 6 nitrogen and oxygen atoms in total. The van der Waals surface area contributed by atoms with Crippen molar-refractivity contribution in [2.24, 2.45) is 0 Å². The van der Waals surface area contributed by atoms with E-state index in [0.717, 1.165) is 93.7 Å². The van der Waals surface area contributed by atoms with E-state index < -0.39 is 0 Å². The van der Waals surface area contributed by atoms with Gasteiger partial charge in [-0.05, 0) is 75.5 Å². The molecule has 0 spiro atoms. The smallest absolute Gasteiger partial charge is 0.164 e. The maximum Gasteiger partial charge on any atom is 0.164 e. The fourth-order valence-electron chi connectivity index (χ4n) is 7.77. The summed E-state index contributed by atoms with van der Waals surface area (Å²) in [5, 5.41) is 5.09. The first-order valence-corrected chi connectivity index (χ1v) is 17.9. The van der Waals surface area contributed by atoms with Gasteiger partial charge in [-0.15, -0.1) is 0 Å². The molecule has 11 aromatic rings. The van der Waals surface area contributed by atoms with E-state index in [1.165, 1.54) is 0 Å². The summed E-state index contributed by atoms with van der Waals surface area (Å²) in [6, 6.07) is 55.7. The van der Waals surface area contributed by atoms with Crippen LogP contribution < -0.4 is 0 Å². The Balaban J connectivity index is 1.16. The van der Waals surface area contributed by atoms with Gasteiger partial charge in [-0.3, -0.25) is 4.98 Å². The van der Waals surface area contributed by atoms with E-state index in [-0.39, 0.29) is 0 Å². The Morgan fingerprint density at radius 3 is 1.76 bits per heavy atom. The van der Waals surface area contributed by atoms with E-state index in [2.05, 4.69) is 103 Å². The second-order valence-corrected chi connectivity index (χ2v) is 13.4. The second-order valence-electron chi connectivity index (χ2n) is 13.4. The van der Waals surface area contributed by atoms with E-state index in [1.54, 1.807) is 0 Å². The Labute approximate surface area is 309 Å². The number of fused-ring (bicyclic) bond motifs is 7. The number of hydrogen-bond donors (Lipinski definition) is 0. The Bertz CT molecular complexity index is 3240. The minimum Gasteiger partial charge on any atom is -0.456 e. The van der Waals surface area contributed by atoms with Gasteiger partial charge in [0.05, 0.1) is 5.39 Å². The Morgan fingerprint density at radius 1 is 0.333 bits per heavy atom. The highest BCUT2D eigenvalue weighted by Crippen LogP contribution is 2.42. The van der Waals surface area contributed by atoms with Crippen LogP contribution in [0.5, 0.6) is 0 Å². The lowest BCUT2D eigenvalue weighted by molar-refractivity contribution is 0.668. The van der Waals surface area contributed by atoms with Crippen molar-refractivity contribution in [3.05, 3.63) is 170 Å². The molecule has 0 saturated heterocycles. The number of furan rings is 2. The van der Waals surface area contributed by atoms with Crippen LogP contribution in [0.2, 0.25) is 0 Å². The van der Waals surface area contributed by atoms with Crippen LogP contribution in [0.3, 0.4) is 0 Å². The topological polar surface area (TPSA) is 77.8 Å². The van der Waals surface area contributed by atoms with Gasteiger partial charge < -0.3 is 8.83 Å². The molecule has 0 N–H and O–H groups in total. The van der Waals surface area contributed by atoms with Gasteiger partial charge in [-0.2, -0.15) is 0 Å². The normalized spacial score (nSPS) is 11.7. The Hall–Kier alpha value is -7.44. The molecule has 0 radical (unpaired) electrons. The molecule has 0 atom stereocenters. The summed E-state index contributed by atoms with van der Waals surface area (Å²) in [6.45, 7) is 0. The predicted molar refractivity (Wildman–Crippen MR) is 217 cm³/mol. The predicted octanol–water partition coefficient (Wildman–Crippen LogP) is 12.6. The van der Waals surface area contributed by atoms with Crippen LogP contribution in [0, 0.1) is 0 Å². The van der Waals surface area contributed by atoms with Crippen LogP contribution in [-0.4, -0.2) is 19.9 Å². The number of benzene rings is 7. The average Bonchev–Trinajstić information content (AvgIpc) is 3.82. The summed E-state index contributed by atoms with van der Waals surface area (Å²) in [5.74, 6) is 1.75. The van der Waals surface area contributed by atoms with Crippen molar-refractivity contribution in [2.75, 3.05) is 0 Å². The molecule has 0 fully saturated rings. The molecule has 0 bridgehead atoms. The highest BCUT2D eigenvalue weighted by molar-refractivity contribution is 6.15. The van der Waals surface area contributed by atoms with E-state index in [1.807, 2.05) is 66.9 Å². The summed E-state index contributed by atoms with van der Waals surface area (Å²) in [5.41, 5.74) is 11.1. The van der Waals surface area contributed by atoms with Gasteiger partial charge in [0.15, 0.2) is 23.1 Å². The first-order valence-electron chi connectivity index (χ1n) is 17.9. The van der Waals surface area contributed by atoms with Gasteiger partial charge in [0.25, 0.3) is 0 Å². The summed E-state index contributed by atoms with van der Waals surface area (Å²) in [7, 11) is 0. The van der Waals surface area contributed by atoms with E-state index in [9.17, 15) is 0 Å². The molecule has 4 heterocycles.